The highest BCUT2D eigenvalue weighted by Gasteiger charge is 2.20. The van der Waals surface area contributed by atoms with Crippen molar-refractivity contribution >= 4 is 22.5 Å². The maximum absolute atomic E-state index is 15.1. The van der Waals surface area contributed by atoms with Crippen molar-refractivity contribution in [3.05, 3.63) is 90.4 Å². The van der Waals surface area contributed by atoms with Gasteiger partial charge in [-0.3, -0.25) is 9.78 Å². The molecule has 204 valence electrons. The van der Waals surface area contributed by atoms with Gasteiger partial charge < -0.3 is 24.3 Å². The number of halogens is 2. The summed E-state index contributed by atoms with van der Waals surface area (Å²) in [6.45, 7) is 2.06. The van der Waals surface area contributed by atoms with Crippen LogP contribution in [0.1, 0.15) is 17.4 Å². The van der Waals surface area contributed by atoms with Crippen molar-refractivity contribution in [2.45, 2.75) is 6.92 Å². The number of rotatable bonds is 9. The minimum Gasteiger partial charge on any atom is -0.493 e. The first kappa shape index (κ1) is 26.4. The molecule has 2 aromatic heterocycles. The standard InChI is InChI=1S/C29H24F2N4O5/c1-4-39-27-16-35(19-8-5-17(30)6-9-19)34-28(27)29(36)33-18-7-10-24(21(31)13-18)40-23-11-12-32-22-15-26(38-3)25(37-2)14-20(22)23/h5-16H,4H2,1-3H3,(H,33,36). The fraction of sp³-hybridized carbons (Fsp3) is 0.138. The Bertz CT molecular complexity index is 1690. The van der Waals surface area contributed by atoms with E-state index >= 15 is 4.39 Å². The van der Waals surface area contributed by atoms with E-state index in [9.17, 15) is 9.18 Å². The molecular formula is C29H24F2N4O5. The van der Waals surface area contributed by atoms with Crippen LogP contribution in [-0.2, 0) is 0 Å². The van der Waals surface area contributed by atoms with E-state index in [1.807, 2.05) is 0 Å². The van der Waals surface area contributed by atoms with Crippen LogP contribution in [0.25, 0.3) is 16.6 Å². The molecule has 5 rings (SSSR count). The van der Waals surface area contributed by atoms with Crippen molar-refractivity contribution in [3.63, 3.8) is 0 Å². The summed E-state index contributed by atoms with van der Waals surface area (Å²) in [7, 11) is 3.03. The Labute approximate surface area is 227 Å². The first-order chi connectivity index (χ1) is 19.4. The second-order valence-corrected chi connectivity index (χ2v) is 8.43. The van der Waals surface area contributed by atoms with Gasteiger partial charge in [-0.25, -0.2) is 13.5 Å². The van der Waals surface area contributed by atoms with Gasteiger partial charge in [0.15, 0.2) is 34.5 Å². The van der Waals surface area contributed by atoms with E-state index in [1.54, 1.807) is 25.1 Å². The van der Waals surface area contributed by atoms with Gasteiger partial charge in [-0.05, 0) is 55.5 Å². The van der Waals surface area contributed by atoms with Crippen molar-refractivity contribution in [1.29, 1.82) is 0 Å². The molecule has 0 unspecified atom stereocenters. The van der Waals surface area contributed by atoms with Gasteiger partial charge in [0.2, 0.25) is 0 Å². The van der Waals surface area contributed by atoms with Gasteiger partial charge in [0.25, 0.3) is 5.91 Å². The molecule has 1 N–H and O–H groups in total. The lowest BCUT2D eigenvalue weighted by Crippen LogP contribution is -2.14. The highest BCUT2D eigenvalue weighted by atomic mass is 19.1. The molecule has 0 aliphatic rings. The number of amides is 1. The minimum absolute atomic E-state index is 0.0143. The monoisotopic (exact) mass is 546 g/mol. The van der Waals surface area contributed by atoms with Gasteiger partial charge in [0.1, 0.15) is 11.6 Å². The van der Waals surface area contributed by atoms with Crippen LogP contribution in [0.15, 0.2) is 73.1 Å². The summed E-state index contributed by atoms with van der Waals surface area (Å²) in [5, 5.41) is 7.51. The maximum Gasteiger partial charge on any atom is 0.280 e. The van der Waals surface area contributed by atoms with E-state index in [2.05, 4.69) is 15.4 Å². The predicted octanol–water partition coefficient (Wildman–Crippen LogP) is 6.16. The Balaban J connectivity index is 1.38. The number of nitrogens with one attached hydrogen (secondary N) is 1. The quantitative estimate of drug-likeness (QED) is 0.237. The molecule has 9 nitrogen and oxygen atoms in total. The molecule has 2 heterocycles. The summed E-state index contributed by atoms with van der Waals surface area (Å²) < 4.78 is 51.9. The van der Waals surface area contributed by atoms with Gasteiger partial charge in [-0.2, -0.15) is 5.10 Å². The van der Waals surface area contributed by atoms with Crippen LogP contribution in [0, 0.1) is 11.6 Å². The van der Waals surface area contributed by atoms with E-state index in [4.69, 9.17) is 18.9 Å². The number of hydrogen-bond donors (Lipinski definition) is 1. The van der Waals surface area contributed by atoms with E-state index in [-0.39, 0.29) is 22.9 Å². The van der Waals surface area contributed by atoms with Gasteiger partial charge in [0.05, 0.1) is 38.2 Å². The number of aromatic nitrogens is 3. The van der Waals surface area contributed by atoms with Crippen molar-refractivity contribution in [1.82, 2.24) is 14.8 Å². The number of hydrogen-bond acceptors (Lipinski definition) is 7. The van der Waals surface area contributed by atoms with Gasteiger partial charge in [-0.1, -0.05) is 0 Å². The molecule has 0 atom stereocenters. The number of fused-ring (bicyclic) bond motifs is 1. The van der Waals surface area contributed by atoms with Gasteiger partial charge in [0, 0.05) is 29.4 Å². The van der Waals surface area contributed by atoms with E-state index < -0.39 is 17.5 Å². The van der Waals surface area contributed by atoms with Gasteiger partial charge >= 0.3 is 0 Å². The number of methoxy groups -OCH3 is 2. The zero-order valence-electron chi connectivity index (χ0n) is 21.8. The highest BCUT2D eigenvalue weighted by Crippen LogP contribution is 2.37. The van der Waals surface area contributed by atoms with E-state index in [0.717, 1.165) is 6.07 Å². The molecule has 0 bridgehead atoms. The summed E-state index contributed by atoms with van der Waals surface area (Å²) in [5.41, 5.74) is 1.28. The molecule has 0 aliphatic heterocycles. The van der Waals surface area contributed by atoms with Crippen LogP contribution in [0.4, 0.5) is 14.5 Å². The Morgan fingerprint density at radius 3 is 2.35 bits per heavy atom. The van der Waals surface area contributed by atoms with E-state index in [1.165, 1.54) is 67.7 Å². The summed E-state index contributed by atoms with van der Waals surface area (Å²) >= 11 is 0. The van der Waals surface area contributed by atoms with Gasteiger partial charge in [-0.15, -0.1) is 0 Å². The minimum atomic E-state index is -0.704. The number of nitrogens with zero attached hydrogens (tertiary/aromatic N) is 3. The molecular weight excluding hydrogens is 522 g/mol. The Kier molecular flexibility index (Phi) is 7.45. The molecule has 0 saturated carbocycles. The smallest absolute Gasteiger partial charge is 0.280 e. The number of benzene rings is 3. The van der Waals surface area contributed by atoms with Crippen LogP contribution in [0.5, 0.6) is 28.7 Å². The van der Waals surface area contributed by atoms with Crippen molar-refractivity contribution in [2.24, 2.45) is 0 Å². The second kappa shape index (κ2) is 11.3. The zero-order chi connectivity index (χ0) is 28.2. The number of ether oxygens (including phenoxy) is 4. The Morgan fingerprint density at radius 1 is 0.900 bits per heavy atom. The average Bonchev–Trinajstić information content (AvgIpc) is 3.38. The average molecular weight is 547 g/mol. The Morgan fingerprint density at radius 2 is 1.65 bits per heavy atom. The van der Waals surface area contributed by atoms with Crippen LogP contribution in [-0.4, -0.2) is 41.5 Å². The van der Waals surface area contributed by atoms with Crippen LogP contribution >= 0.6 is 0 Å². The predicted molar refractivity (Wildman–Crippen MR) is 144 cm³/mol. The third-order valence-electron chi connectivity index (χ3n) is 5.90. The second-order valence-electron chi connectivity index (χ2n) is 8.43. The molecule has 40 heavy (non-hydrogen) atoms. The lowest BCUT2D eigenvalue weighted by atomic mass is 10.2. The lowest BCUT2D eigenvalue weighted by Gasteiger charge is -2.13. The first-order valence-electron chi connectivity index (χ1n) is 12.2. The fourth-order valence-electron chi connectivity index (χ4n) is 4.01. The number of carbonyl (C=O) groups excluding carboxylic acids is 1. The zero-order valence-corrected chi connectivity index (χ0v) is 21.8. The SMILES string of the molecule is CCOc1cn(-c2ccc(F)cc2)nc1C(=O)Nc1ccc(Oc2ccnc3cc(OC)c(OC)cc23)c(F)c1. The van der Waals surface area contributed by atoms with Crippen LogP contribution in [0.3, 0.4) is 0 Å². The number of anilines is 1. The third-order valence-corrected chi connectivity index (χ3v) is 5.90. The lowest BCUT2D eigenvalue weighted by molar-refractivity contribution is 0.101. The maximum atomic E-state index is 15.1. The summed E-state index contributed by atoms with van der Waals surface area (Å²) in [5.74, 6) is -0.221. The topological polar surface area (TPSA) is 96.7 Å². The molecule has 0 spiro atoms. The molecule has 3 aromatic carbocycles. The van der Waals surface area contributed by atoms with Crippen molar-refractivity contribution in [2.75, 3.05) is 26.1 Å². The molecule has 11 heteroatoms. The fourth-order valence-corrected chi connectivity index (χ4v) is 4.01. The normalized spacial score (nSPS) is 10.8. The van der Waals surface area contributed by atoms with Crippen LogP contribution in [0.2, 0.25) is 0 Å². The largest absolute Gasteiger partial charge is 0.493 e. The molecule has 0 aliphatic carbocycles. The van der Waals surface area contributed by atoms with Crippen LogP contribution < -0.4 is 24.3 Å². The number of carbonyl (C=O) groups is 1. The molecule has 5 aromatic rings. The van der Waals surface area contributed by atoms with E-state index in [0.29, 0.717) is 40.4 Å². The number of pyridine rings is 1. The summed E-state index contributed by atoms with van der Waals surface area (Å²) in [4.78, 5) is 17.4. The third kappa shape index (κ3) is 5.35. The highest BCUT2D eigenvalue weighted by molar-refractivity contribution is 6.04. The Hall–Kier alpha value is -5.19. The van der Waals surface area contributed by atoms with Crippen molar-refractivity contribution in [3.8, 4) is 34.4 Å². The molecule has 0 radical (unpaired) electrons. The molecule has 1 amide bonds. The molecule has 0 saturated heterocycles. The summed E-state index contributed by atoms with van der Waals surface area (Å²) in [6, 6.07) is 14.6. The van der Waals surface area contributed by atoms with Crippen molar-refractivity contribution < 1.29 is 32.5 Å². The molecule has 0 fully saturated rings. The first-order valence-corrected chi connectivity index (χ1v) is 12.2. The summed E-state index contributed by atoms with van der Waals surface area (Å²) in [6.07, 6.45) is 3.06.